The summed E-state index contributed by atoms with van der Waals surface area (Å²) in [5.41, 5.74) is 4.23. The van der Waals surface area contributed by atoms with E-state index in [0.29, 0.717) is 24.9 Å². The van der Waals surface area contributed by atoms with E-state index in [1.807, 2.05) is 90.2 Å². The molecule has 0 radical (unpaired) electrons. The Bertz CT molecular complexity index is 1870. The van der Waals surface area contributed by atoms with Gasteiger partial charge in [-0.2, -0.15) is 0 Å². The molecule has 2 N–H and O–H groups in total. The summed E-state index contributed by atoms with van der Waals surface area (Å²) in [6.07, 6.45) is 2.86. The Kier molecular flexibility index (Phi) is 8.75. The predicted molar refractivity (Wildman–Crippen MR) is 185 cm³/mol. The van der Waals surface area contributed by atoms with E-state index in [2.05, 4.69) is 40.6 Å². The van der Waals surface area contributed by atoms with E-state index in [4.69, 9.17) is 14.5 Å². The molecule has 4 aromatic rings. The number of hydrogen-bond acceptors (Lipinski definition) is 6. The molecular weight excluding hydrogens is 604 g/mol. The van der Waals surface area contributed by atoms with Gasteiger partial charge in [0, 0.05) is 24.2 Å². The number of aromatic nitrogens is 4. The van der Waals surface area contributed by atoms with Crippen LogP contribution in [0.5, 0.6) is 0 Å². The smallest absolute Gasteiger partial charge is 0.410 e. The minimum absolute atomic E-state index is 0.150. The summed E-state index contributed by atoms with van der Waals surface area (Å²) in [6, 6.07) is 13.6. The number of aromatic amines is 2. The van der Waals surface area contributed by atoms with Gasteiger partial charge in [0.15, 0.2) is 0 Å². The lowest BCUT2D eigenvalue weighted by Gasteiger charge is -2.27. The van der Waals surface area contributed by atoms with Crippen LogP contribution in [0, 0.1) is 23.7 Å². The molecule has 10 heteroatoms. The first kappa shape index (κ1) is 33.1. The molecule has 2 saturated heterocycles. The SMILES string of the molecule is CC1CC(c2ncc(-c3ccc(C#Cc4ccc5nc(C6CC(C)CN6C(=O)OC(C)(C)C)[nH]c5c4)cc3)[nH]2)N(C(=O)OC(C)(C)C)C1. The zero-order valence-electron chi connectivity index (χ0n) is 29.2. The number of rotatable bonds is 3. The zero-order valence-corrected chi connectivity index (χ0v) is 29.2. The molecule has 0 aliphatic carbocycles. The van der Waals surface area contributed by atoms with Crippen molar-refractivity contribution in [2.75, 3.05) is 13.1 Å². The second-order valence-corrected chi connectivity index (χ2v) is 15.3. The average Bonchev–Trinajstić information content (AvgIpc) is 3.79. The van der Waals surface area contributed by atoms with E-state index >= 15 is 0 Å². The molecule has 6 rings (SSSR count). The van der Waals surface area contributed by atoms with E-state index in [1.165, 1.54) is 0 Å². The quantitative estimate of drug-likeness (QED) is 0.217. The lowest BCUT2D eigenvalue weighted by Crippen LogP contribution is -2.37. The van der Waals surface area contributed by atoms with Crippen LogP contribution in [0.15, 0.2) is 48.7 Å². The molecule has 2 amide bonds. The van der Waals surface area contributed by atoms with Crippen molar-refractivity contribution in [1.29, 1.82) is 0 Å². The first-order valence-electron chi connectivity index (χ1n) is 16.8. The van der Waals surface area contributed by atoms with Crippen molar-refractivity contribution in [2.24, 2.45) is 11.8 Å². The van der Waals surface area contributed by atoms with E-state index < -0.39 is 11.2 Å². The van der Waals surface area contributed by atoms with Crippen molar-refractivity contribution in [3.8, 4) is 23.1 Å². The lowest BCUT2D eigenvalue weighted by molar-refractivity contribution is 0.0204. The third-order valence-corrected chi connectivity index (χ3v) is 8.55. The molecule has 0 bridgehead atoms. The van der Waals surface area contributed by atoms with Crippen molar-refractivity contribution >= 4 is 23.2 Å². The number of imidazole rings is 2. The molecule has 0 saturated carbocycles. The maximum Gasteiger partial charge on any atom is 0.410 e. The molecule has 2 aromatic heterocycles. The highest BCUT2D eigenvalue weighted by Gasteiger charge is 2.39. The molecule has 4 heterocycles. The minimum Gasteiger partial charge on any atom is -0.444 e. The Hall–Kier alpha value is -4.78. The number of ether oxygens (including phenoxy) is 2. The van der Waals surface area contributed by atoms with Gasteiger partial charge in [-0.15, -0.1) is 0 Å². The summed E-state index contributed by atoms with van der Waals surface area (Å²) in [6.45, 7) is 16.9. The molecule has 48 heavy (non-hydrogen) atoms. The molecule has 2 aliphatic heterocycles. The van der Waals surface area contributed by atoms with Crippen LogP contribution in [0.4, 0.5) is 9.59 Å². The van der Waals surface area contributed by atoms with Gasteiger partial charge in [-0.1, -0.05) is 37.8 Å². The number of nitrogens with one attached hydrogen (secondary N) is 2. The van der Waals surface area contributed by atoms with Crippen molar-refractivity contribution < 1.29 is 19.1 Å². The van der Waals surface area contributed by atoms with Crippen LogP contribution in [-0.4, -0.2) is 66.2 Å². The van der Waals surface area contributed by atoms with Gasteiger partial charge in [0.2, 0.25) is 0 Å². The molecule has 4 unspecified atom stereocenters. The van der Waals surface area contributed by atoms with E-state index in [9.17, 15) is 9.59 Å². The van der Waals surface area contributed by atoms with Crippen LogP contribution in [0.2, 0.25) is 0 Å². The van der Waals surface area contributed by atoms with Gasteiger partial charge >= 0.3 is 12.2 Å². The molecule has 10 nitrogen and oxygen atoms in total. The average molecular weight is 651 g/mol. The van der Waals surface area contributed by atoms with Crippen LogP contribution < -0.4 is 0 Å². The summed E-state index contributed by atoms with van der Waals surface area (Å²) in [5, 5.41) is 0. The van der Waals surface area contributed by atoms with Gasteiger partial charge in [-0.3, -0.25) is 9.80 Å². The molecule has 2 aromatic carbocycles. The standard InChI is InChI=1S/C38H46N6O4/c1-23-17-31(43(21-23)35(45)47-37(3,4)5)33-39-20-30(42-33)27-14-11-25(12-15-27)9-10-26-13-16-28-29(19-26)41-34(40-28)32-18-24(2)22-44(32)36(46)48-38(6,7)8/h11-16,19-20,23-24,31-32H,17-18,21-22H2,1-8H3,(H,39,42)(H,40,41). The van der Waals surface area contributed by atoms with Crippen molar-refractivity contribution in [2.45, 2.75) is 91.5 Å². The van der Waals surface area contributed by atoms with Gasteiger partial charge < -0.3 is 19.4 Å². The van der Waals surface area contributed by atoms with Gasteiger partial charge in [-0.25, -0.2) is 19.6 Å². The first-order valence-corrected chi connectivity index (χ1v) is 16.8. The molecule has 252 valence electrons. The van der Waals surface area contributed by atoms with E-state index in [0.717, 1.165) is 57.9 Å². The third-order valence-electron chi connectivity index (χ3n) is 8.55. The van der Waals surface area contributed by atoms with Crippen LogP contribution in [-0.2, 0) is 9.47 Å². The Labute approximate surface area is 282 Å². The summed E-state index contributed by atoms with van der Waals surface area (Å²) >= 11 is 0. The van der Waals surface area contributed by atoms with Crippen LogP contribution in [0.3, 0.4) is 0 Å². The summed E-state index contributed by atoms with van der Waals surface area (Å²) in [7, 11) is 0. The van der Waals surface area contributed by atoms with Crippen LogP contribution in [0.25, 0.3) is 22.3 Å². The largest absolute Gasteiger partial charge is 0.444 e. The van der Waals surface area contributed by atoms with Crippen molar-refractivity contribution in [3.05, 3.63) is 71.4 Å². The fourth-order valence-corrected chi connectivity index (χ4v) is 6.45. The number of carbonyl (C=O) groups is 2. The van der Waals surface area contributed by atoms with Gasteiger partial charge in [0.05, 0.1) is 35.0 Å². The third kappa shape index (κ3) is 7.51. The Morgan fingerprint density at radius 3 is 1.90 bits per heavy atom. The number of carbonyl (C=O) groups excluding carboxylic acids is 2. The Morgan fingerprint density at radius 1 is 0.771 bits per heavy atom. The zero-order chi connectivity index (χ0) is 34.4. The number of likely N-dealkylation sites (tertiary alicyclic amines) is 2. The fraction of sp³-hybridized carbons (Fsp3) is 0.474. The monoisotopic (exact) mass is 650 g/mol. The second kappa shape index (κ2) is 12.7. The summed E-state index contributed by atoms with van der Waals surface area (Å²) < 4.78 is 11.3. The summed E-state index contributed by atoms with van der Waals surface area (Å²) in [5.74, 6) is 8.79. The van der Waals surface area contributed by atoms with Crippen molar-refractivity contribution in [3.63, 3.8) is 0 Å². The lowest BCUT2D eigenvalue weighted by atomic mass is 10.1. The van der Waals surface area contributed by atoms with Crippen molar-refractivity contribution in [1.82, 2.24) is 29.7 Å². The van der Waals surface area contributed by atoms with Gasteiger partial charge in [-0.05, 0) is 102 Å². The topological polar surface area (TPSA) is 116 Å². The maximum atomic E-state index is 12.9. The number of benzene rings is 2. The van der Waals surface area contributed by atoms with E-state index in [1.54, 1.807) is 9.80 Å². The number of nitrogens with zero attached hydrogens (tertiary/aromatic N) is 4. The number of amides is 2. The fourth-order valence-electron chi connectivity index (χ4n) is 6.45. The second-order valence-electron chi connectivity index (χ2n) is 15.3. The Balaban J connectivity index is 1.14. The summed E-state index contributed by atoms with van der Waals surface area (Å²) in [4.78, 5) is 45.8. The molecule has 4 atom stereocenters. The highest BCUT2D eigenvalue weighted by molar-refractivity contribution is 5.77. The number of hydrogen-bond donors (Lipinski definition) is 2. The molecular formula is C38H46N6O4. The molecule has 2 fully saturated rings. The van der Waals surface area contributed by atoms with Gasteiger partial charge in [0.25, 0.3) is 0 Å². The van der Waals surface area contributed by atoms with Gasteiger partial charge in [0.1, 0.15) is 22.9 Å². The first-order chi connectivity index (χ1) is 22.6. The minimum atomic E-state index is -0.557. The Morgan fingerprint density at radius 2 is 1.31 bits per heavy atom. The normalized spacial score (nSPS) is 21.3. The molecule has 2 aliphatic rings. The maximum absolute atomic E-state index is 12.9. The predicted octanol–water partition coefficient (Wildman–Crippen LogP) is 7.99. The number of fused-ring (bicyclic) bond motifs is 1. The highest BCUT2D eigenvalue weighted by Crippen LogP contribution is 2.37. The highest BCUT2D eigenvalue weighted by atomic mass is 16.6. The molecule has 0 spiro atoms. The van der Waals surface area contributed by atoms with Crippen LogP contribution >= 0.6 is 0 Å². The number of H-pyrrole nitrogens is 2. The van der Waals surface area contributed by atoms with Crippen LogP contribution in [0.1, 0.15) is 103 Å². The van der Waals surface area contributed by atoms with E-state index in [-0.39, 0.29) is 24.3 Å².